The molecule has 4 rings (SSSR count). The van der Waals surface area contributed by atoms with Gasteiger partial charge in [0.25, 0.3) is 11.8 Å². The molecule has 4 aromatic rings. The van der Waals surface area contributed by atoms with E-state index in [9.17, 15) is 29.4 Å². The second-order valence-corrected chi connectivity index (χ2v) is 9.55. The maximum absolute atomic E-state index is 11.9. The summed E-state index contributed by atoms with van der Waals surface area (Å²) in [7, 11) is 1.56. The summed E-state index contributed by atoms with van der Waals surface area (Å²) in [5, 5.41) is 25.7. The fraction of sp³-hybridized carbons (Fsp3) is 0.200. The Bertz CT molecular complexity index is 1430. The maximum atomic E-state index is 11.9. The number of thiophene rings is 2. The number of aromatic hydroxyl groups is 2. The van der Waals surface area contributed by atoms with Crippen molar-refractivity contribution < 1.29 is 34.1 Å². The summed E-state index contributed by atoms with van der Waals surface area (Å²) in [4.78, 5) is 46.4. The van der Waals surface area contributed by atoms with E-state index < -0.39 is 0 Å². The van der Waals surface area contributed by atoms with Crippen molar-refractivity contribution in [3.63, 3.8) is 0 Å². The molecule has 0 bridgehead atoms. The lowest BCUT2D eigenvalue weighted by atomic mass is 10.1. The van der Waals surface area contributed by atoms with Gasteiger partial charge in [-0.25, -0.2) is 0 Å². The molecule has 0 spiro atoms. The number of hydrogen-bond donors (Lipinski definition) is 4. The molecule has 0 fully saturated rings. The minimum atomic E-state index is -0.213. The Labute approximate surface area is 214 Å². The maximum Gasteiger partial charge on any atom is 0.261 e. The number of fused-ring (bicyclic) bond motifs is 2. The molecule has 0 radical (unpaired) electrons. The van der Waals surface area contributed by atoms with Gasteiger partial charge in [0.15, 0.2) is 12.6 Å². The molecule has 36 heavy (non-hydrogen) atoms. The number of aldehydes is 2. The molecular weight excluding hydrogens is 504 g/mol. The van der Waals surface area contributed by atoms with Gasteiger partial charge in [-0.05, 0) is 43.3 Å². The van der Waals surface area contributed by atoms with Gasteiger partial charge in [-0.1, -0.05) is 0 Å². The Morgan fingerprint density at radius 3 is 1.75 bits per heavy atom. The number of benzene rings is 2. The fourth-order valence-electron chi connectivity index (χ4n) is 3.32. The summed E-state index contributed by atoms with van der Waals surface area (Å²) < 4.78 is 6.45. The summed E-state index contributed by atoms with van der Waals surface area (Å²) in [6.07, 6.45) is 1.20. The Morgan fingerprint density at radius 1 is 0.861 bits per heavy atom. The molecule has 2 amide bonds. The van der Waals surface area contributed by atoms with Gasteiger partial charge in [-0.3, -0.25) is 19.2 Å². The number of rotatable bonds is 8. The van der Waals surface area contributed by atoms with E-state index in [-0.39, 0.29) is 34.4 Å². The summed E-state index contributed by atoms with van der Waals surface area (Å²) in [5.41, 5.74) is 0.444. The van der Waals surface area contributed by atoms with Crippen LogP contribution in [0.4, 0.5) is 0 Å². The highest BCUT2D eigenvalue weighted by Gasteiger charge is 2.15. The summed E-state index contributed by atoms with van der Waals surface area (Å²) in [6, 6.07) is 9.55. The zero-order valence-electron chi connectivity index (χ0n) is 19.5. The molecule has 0 atom stereocenters. The molecule has 0 unspecified atom stereocenters. The highest BCUT2D eigenvalue weighted by Crippen LogP contribution is 2.33. The third-order valence-corrected chi connectivity index (χ3v) is 7.25. The van der Waals surface area contributed by atoms with Crippen LogP contribution in [0.3, 0.4) is 0 Å². The minimum absolute atomic E-state index is 0.0623. The van der Waals surface area contributed by atoms with Crippen molar-refractivity contribution in [1.82, 2.24) is 10.6 Å². The van der Waals surface area contributed by atoms with E-state index in [1.165, 1.54) is 34.8 Å². The highest BCUT2D eigenvalue weighted by molar-refractivity contribution is 7.21. The molecular formula is C25H24N2O7S2. The Kier molecular flexibility index (Phi) is 9.12. The smallest absolute Gasteiger partial charge is 0.261 e. The molecule has 0 saturated carbocycles. The minimum Gasteiger partial charge on any atom is -0.507 e. The van der Waals surface area contributed by atoms with E-state index in [0.29, 0.717) is 52.8 Å². The molecule has 0 aliphatic heterocycles. The van der Waals surface area contributed by atoms with Crippen LogP contribution < -0.4 is 10.6 Å². The quantitative estimate of drug-likeness (QED) is 0.200. The zero-order chi connectivity index (χ0) is 26.2. The van der Waals surface area contributed by atoms with Crippen molar-refractivity contribution in [2.45, 2.75) is 6.92 Å². The topological polar surface area (TPSA) is 142 Å². The number of phenols is 2. The van der Waals surface area contributed by atoms with E-state index in [1.807, 2.05) is 6.92 Å². The predicted octanol–water partition coefficient (Wildman–Crippen LogP) is 3.96. The van der Waals surface area contributed by atoms with Crippen molar-refractivity contribution in [2.24, 2.45) is 0 Å². The second kappa shape index (κ2) is 12.2. The summed E-state index contributed by atoms with van der Waals surface area (Å²) in [5.74, 6) is -0.515. The van der Waals surface area contributed by atoms with Crippen LogP contribution in [-0.2, 0) is 4.74 Å². The Balaban J connectivity index is 0.000000202. The predicted molar refractivity (Wildman–Crippen MR) is 140 cm³/mol. The molecule has 0 aliphatic rings. The molecule has 188 valence electrons. The normalized spacial score (nSPS) is 10.5. The number of hydrogen-bond acceptors (Lipinski definition) is 9. The fourth-order valence-corrected chi connectivity index (χ4v) is 5.30. The van der Waals surface area contributed by atoms with Gasteiger partial charge in [-0.15, -0.1) is 22.7 Å². The molecule has 2 heterocycles. The number of nitrogens with one attached hydrogen (secondary N) is 2. The zero-order valence-corrected chi connectivity index (χ0v) is 21.1. The molecule has 2 aromatic carbocycles. The first-order valence-electron chi connectivity index (χ1n) is 10.8. The van der Waals surface area contributed by atoms with E-state index >= 15 is 0 Å². The van der Waals surface area contributed by atoms with Crippen LogP contribution in [0, 0.1) is 0 Å². The third kappa shape index (κ3) is 5.88. The van der Waals surface area contributed by atoms with Gasteiger partial charge in [-0.2, -0.15) is 0 Å². The average Bonchev–Trinajstić information content (AvgIpc) is 3.49. The van der Waals surface area contributed by atoms with Gasteiger partial charge in [0.1, 0.15) is 11.5 Å². The van der Waals surface area contributed by atoms with Crippen molar-refractivity contribution in [3.05, 3.63) is 57.3 Å². The van der Waals surface area contributed by atoms with Gasteiger partial charge >= 0.3 is 0 Å². The Morgan fingerprint density at radius 2 is 1.33 bits per heavy atom. The lowest BCUT2D eigenvalue weighted by Crippen LogP contribution is -2.26. The van der Waals surface area contributed by atoms with Crippen molar-refractivity contribution in [2.75, 3.05) is 26.8 Å². The van der Waals surface area contributed by atoms with Crippen LogP contribution in [-0.4, -0.2) is 61.4 Å². The summed E-state index contributed by atoms with van der Waals surface area (Å²) in [6.45, 7) is 3.26. The van der Waals surface area contributed by atoms with E-state index in [1.54, 1.807) is 31.4 Å². The van der Waals surface area contributed by atoms with Crippen LogP contribution >= 0.6 is 22.7 Å². The number of methoxy groups -OCH3 is 1. The molecule has 0 aliphatic carbocycles. The van der Waals surface area contributed by atoms with Crippen molar-refractivity contribution >= 4 is 67.2 Å². The molecule has 11 heteroatoms. The number of carbonyl (C=O) groups is 4. The van der Waals surface area contributed by atoms with E-state index in [4.69, 9.17) is 4.74 Å². The van der Waals surface area contributed by atoms with E-state index in [0.717, 1.165) is 9.40 Å². The van der Waals surface area contributed by atoms with Crippen LogP contribution in [0.1, 0.15) is 47.0 Å². The lowest BCUT2D eigenvalue weighted by Gasteiger charge is -2.01. The van der Waals surface area contributed by atoms with Gasteiger partial charge in [0.05, 0.1) is 27.5 Å². The van der Waals surface area contributed by atoms with Crippen LogP contribution in [0.2, 0.25) is 0 Å². The van der Waals surface area contributed by atoms with Crippen LogP contribution in [0.15, 0.2) is 36.4 Å². The SMILES string of the molecule is CCNC(=O)c1cc2c(C=O)c(O)ccc2s1.COCCNC(=O)c1cc2c(C=O)c(O)ccc2s1. The second-order valence-electron chi connectivity index (χ2n) is 7.39. The molecule has 4 N–H and O–H groups in total. The number of carbonyl (C=O) groups excluding carboxylic acids is 4. The largest absolute Gasteiger partial charge is 0.507 e. The number of amides is 2. The van der Waals surface area contributed by atoms with Crippen molar-refractivity contribution in [1.29, 1.82) is 0 Å². The number of ether oxygens (including phenoxy) is 1. The monoisotopic (exact) mass is 528 g/mol. The Hall–Kier alpha value is -3.80. The van der Waals surface area contributed by atoms with Gasteiger partial charge in [0.2, 0.25) is 0 Å². The van der Waals surface area contributed by atoms with Crippen LogP contribution in [0.5, 0.6) is 11.5 Å². The van der Waals surface area contributed by atoms with Crippen LogP contribution in [0.25, 0.3) is 20.2 Å². The van der Waals surface area contributed by atoms with Crippen molar-refractivity contribution in [3.8, 4) is 11.5 Å². The first-order chi connectivity index (χ1) is 17.3. The van der Waals surface area contributed by atoms with Gasteiger partial charge in [0, 0.05) is 40.4 Å². The lowest BCUT2D eigenvalue weighted by molar-refractivity contribution is 0.0938. The average molecular weight is 529 g/mol. The molecule has 9 nitrogen and oxygen atoms in total. The molecule has 0 saturated heterocycles. The standard InChI is InChI=1S/C13H13NO4S.C12H11NO3S/c1-18-5-4-14-13(17)12-6-8-9(7-15)10(16)2-3-11(8)19-12;1-2-13-12(16)11-5-7-8(6-14)9(15)3-4-10(7)17-11/h2-3,6-7,16H,4-5H2,1H3,(H,14,17);3-6,15H,2H2,1H3,(H,13,16). The highest BCUT2D eigenvalue weighted by atomic mass is 32.1. The molecule has 2 aromatic heterocycles. The summed E-state index contributed by atoms with van der Waals surface area (Å²) >= 11 is 2.58. The van der Waals surface area contributed by atoms with Gasteiger partial charge < -0.3 is 25.6 Å². The number of phenolic OH excluding ortho intramolecular Hbond substituents is 2. The first-order valence-corrected chi connectivity index (χ1v) is 12.4. The first kappa shape index (κ1) is 26.8. The van der Waals surface area contributed by atoms with E-state index in [2.05, 4.69) is 10.6 Å². The third-order valence-electron chi connectivity index (χ3n) is 5.05.